The van der Waals surface area contributed by atoms with Crippen LogP contribution in [0.2, 0.25) is 5.02 Å². The van der Waals surface area contributed by atoms with E-state index < -0.39 is 0 Å². The molecule has 0 aromatic heterocycles. The lowest BCUT2D eigenvalue weighted by atomic mass is 10.2. The number of carbonyl (C=O) groups excluding carboxylic acids is 2. The SMILES string of the molecule is CC(=O)NC1CCN(C(=O)c2ccc(Cl)cc2Br)C1. The molecule has 6 heteroatoms. The van der Waals surface area contributed by atoms with Crippen molar-refractivity contribution < 1.29 is 9.59 Å². The van der Waals surface area contributed by atoms with Gasteiger partial charge < -0.3 is 10.2 Å². The van der Waals surface area contributed by atoms with Crippen LogP contribution in [0.4, 0.5) is 0 Å². The molecule has 0 saturated carbocycles. The Morgan fingerprint density at radius 1 is 1.47 bits per heavy atom. The fourth-order valence-corrected chi connectivity index (χ4v) is 3.04. The molecule has 0 bridgehead atoms. The van der Waals surface area contributed by atoms with Gasteiger partial charge in [0.1, 0.15) is 0 Å². The van der Waals surface area contributed by atoms with Gasteiger partial charge in [-0.25, -0.2) is 0 Å². The maximum absolute atomic E-state index is 12.4. The summed E-state index contributed by atoms with van der Waals surface area (Å²) >= 11 is 9.21. The number of benzene rings is 1. The Kier molecular flexibility index (Phi) is 4.47. The summed E-state index contributed by atoms with van der Waals surface area (Å²) in [5.41, 5.74) is 0.591. The van der Waals surface area contributed by atoms with Crippen LogP contribution >= 0.6 is 27.5 Å². The van der Waals surface area contributed by atoms with Crippen molar-refractivity contribution in [2.45, 2.75) is 19.4 Å². The molecular weight excluding hydrogens is 332 g/mol. The molecule has 1 aromatic rings. The van der Waals surface area contributed by atoms with Gasteiger partial charge in [-0.05, 0) is 40.5 Å². The Balaban J connectivity index is 2.07. The molecule has 1 atom stereocenters. The Morgan fingerprint density at radius 2 is 2.21 bits per heavy atom. The lowest BCUT2D eigenvalue weighted by Gasteiger charge is -2.17. The van der Waals surface area contributed by atoms with Crippen molar-refractivity contribution in [2.24, 2.45) is 0 Å². The van der Waals surface area contributed by atoms with E-state index in [0.29, 0.717) is 28.1 Å². The number of hydrogen-bond acceptors (Lipinski definition) is 2. The minimum absolute atomic E-state index is 0.0450. The monoisotopic (exact) mass is 344 g/mol. The zero-order valence-corrected chi connectivity index (χ0v) is 12.8. The van der Waals surface area contributed by atoms with Crippen molar-refractivity contribution in [2.75, 3.05) is 13.1 Å². The average Bonchev–Trinajstić information content (AvgIpc) is 2.75. The third-order valence-corrected chi connectivity index (χ3v) is 3.94. The van der Waals surface area contributed by atoms with Crippen LogP contribution in [0.25, 0.3) is 0 Å². The molecule has 1 aromatic carbocycles. The van der Waals surface area contributed by atoms with Gasteiger partial charge in [0.2, 0.25) is 5.91 Å². The molecule has 0 radical (unpaired) electrons. The second-order valence-electron chi connectivity index (χ2n) is 4.56. The topological polar surface area (TPSA) is 49.4 Å². The van der Waals surface area contributed by atoms with Gasteiger partial charge in [-0.15, -0.1) is 0 Å². The molecule has 0 spiro atoms. The molecule has 2 rings (SSSR count). The number of likely N-dealkylation sites (tertiary alicyclic amines) is 1. The molecule has 1 N–H and O–H groups in total. The van der Waals surface area contributed by atoms with Crippen molar-refractivity contribution in [1.82, 2.24) is 10.2 Å². The van der Waals surface area contributed by atoms with Crippen molar-refractivity contribution >= 4 is 39.3 Å². The van der Waals surface area contributed by atoms with Crippen LogP contribution in [0.5, 0.6) is 0 Å². The highest BCUT2D eigenvalue weighted by Crippen LogP contribution is 2.24. The second-order valence-corrected chi connectivity index (χ2v) is 5.85. The number of halogens is 2. The van der Waals surface area contributed by atoms with Crippen LogP contribution in [-0.2, 0) is 4.79 Å². The van der Waals surface area contributed by atoms with E-state index in [0.717, 1.165) is 6.42 Å². The van der Waals surface area contributed by atoms with E-state index in [-0.39, 0.29) is 17.9 Å². The molecule has 19 heavy (non-hydrogen) atoms. The summed E-state index contributed by atoms with van der Waals surface area (Å²) in [7, 11) is 0. The van der Waals surface area contributed by atoms with Crippen molar-refractivity contribution in [3.05, 3.63) is 33.3 Å². The number of rotatable bonds is 2. The molecule has 4 nitrogen and oxygen atoms in total. The first-order valence-electron chi connectivity index (χ1n) is 5.99. The molecule has 1 fully saturated rings. The van der Waals surface area contributed by atoms with Crippen molar-refractivity contribution in [3.8, 4) is 0 Å². The second kappa shape index (κ2) is 5.92. The fraction of sp³-hybridized carbons (Fsp3) is 0.385. The first-order valence-corrected chi connectivity index (χ1v) is 7.16. The highest BCUT2D eigenvalue weighted by atomic mass is 79.9. The van der Waals surface area contributed by atoms with Crippen LogP contribution in [-0.4, -0.2) is 35.8 Å². The summed E-state index contributed by atoms with van der Waals surface area (Å²) in [6, 6.07) is 5.16. The van der Waals surface area contributed by atoms with Crippen molar-refractivity contribution in [3.63, 3.8) is 0 Å². The number of nitrogens with one attached hydrogen (secondary N) is 1. The van der Waals surface area contributed by atoms with Gasteiger partial charge in [-0.1, -0.05) is 11.6 Å². The van der Waals surface area contributed by atoms with E-state index in [1.165, 1.54) is 6.92 Å². The summed E-state index contributed by atoms with van der Waals surface area (Å²) in [6.45, 7) is 2.69. The van der Waals surface area contributed by atoms with Gasteiger partial charge in [-0.3, -0.25) is 9.59 Å². The zero-order valence-electron chi connectivity index (χ0n) is 10.5. The van der Waals surface area contributed by atoms with Gasteiger partial charge in [0, 0.05) is 35.6 Å². The predicted octanol–water partition coefficient (Wildman–Crippen LogP) is 2.45. The summed E-state index contributed by atoms with van der Waals surface area (Å²) < 4.78 is 0.688. The number of nitrogens with zero attached hydrogens (tertiary/aromatic N) is 1. The van der Waals surface area contributed by atoms with Crippen molar-refractivity contribution in [1.29, 1.82) is 0 Å². The van der Waals surface area contributed by atoms with E-state index in [1.54, 1.807) is 23.1 Å². The van der Waals surface area contributed by atoms with E-state index in [1.807, 2.05) is 0 Å². The van der Waals surface area contributed by atoms with Crippen LogP contribution in [0, 0.1) is 0 Å². The summed E-state index contributed by atoms with van der Waals surface area (Å²) in [5, 5.41) is 3.42. The zero-order chi connectivity index (χ0) is 14.0. The summed E-state index contributed by atoms with van der Waals surface area (Å²) in [6.07, 6.45) is 0.788. The molecular formula is C13H14BrClN2O2. The number of carbonyl (C=O) groups is 2. The Hall–Kier alpha value is -1.07. The normalized spacial score (nSPS) is 18.5. The minimum atomic E-state index is -0.0630. The molecule has 1 heterocycles. The van der Waals surface area contributed by atoms with Crippen LogP contribution < -0.4 is 5.32 Å². The number of amides is 2. The molecule has 1 unspecified atom stereocenters. The van der Waals surface area contributed by atoms with Gasteiger partial charge in [-0.2, -0.15) is 0 Å². The number of hydrogen-bond donors (Lipinski definition) is 1. The molecule has 0 aliphatic carbocycles. The molecule has 2 amide bonds. The lowest BCUT2D eigenvalue weighted by Crippen LogP contribution is -2.37. The Bertz CT molecular complexity index is 521. The maximum Gasteiger partial charge on any atom is 0.255 e. The maximum atomic E-state index is 12.4. The van der Waals surface area contributed by atoms with Crippen LogP contribution in [0.1, 0.15) is 23.7 Å². The van der Waals surface area contributed by atoms with Gasteiger partial charge in [0.05, 0.1) is 5.56 Å². The highest BCUT2D eigenvalue weighted by Gasteiger charge is 2.28. The third-order valence-electron chi connectivity index (χ3n) is 3.04. The molecule has 1 aliphatic rings. The molecule has 102 valence electrons. The van der Waals surface area contributed by atoms with E-state index in [4.69, 9.17) is 11.6 Å². The van der Waals surface area contributed by atoms with Crippen LogP contribution in [0.3, 0.4) is 0 Å². The summed E-state index contributed by atoms with van der Waals surface area (Å²) in [4.78, 5) is 25.1. The van der Waals surface area contributed by atoms with E-state index in [9.17, 15) is 9.59 Å². The Morgan fingerprint density at radius 3 is 2.84 bits per heavy atom. The first-order chi connectivity index (χ1) is 8.97. The lowest BCUT2D eigenvalue weighted by molar-refractivity contribution is -0.119. The smallest absolute Gasteiger partial charge is 0.255 e. The van der Waals surface area contributed by atoms with Gasteiger partial charge in [0.15, 0.2) is 0 Å². The predicted molar refractivity (Wildman–Crippen MR) is 77.3 cm³/mol. The molecule has 1 saturated heterocycles. The third kappa shape index (κ3) is 3.48. The quantitative estimate of drug-likeness (QED) is 0.895. The Labute approximate surface area is 125 Å². The highest BCUT2D eigenvalue weighted by molar-refractivity contribution is 9.10. The first kappa shape index (κ1) is 14.3. The van der Waals surface area contributed by atoms with Crippen LogP contribution in [0.15, 0.2) is 22.7 Å². The van der Waals surface area contributed by atoms with Gasteiger partial charge >= 0.3 is 0 Å². The van der Waals surface area contributed by atoms with Gasteiger partial charge in [0.25, 0.3) is 5.91 Å². The average molecular weight is 346 g/mol. The van der Waals surface area contributed by atoms with E-state index in [2.05, 4.69) is 21.2 Å². The standard InChI is InChI=1S/C13H14BrClN2O2/c1-8(18)16-10-4-5-17(7-10)13(19)11-3-2-9(15)6-12(11)14/h2-3,6,10H,4-5,7H2,1H3,(H,16,18). The fourth-order valence-electron chi connectivity index (χ4n) is 2.18. The summed E-state index contributed by atoms with van der Waals surface area (Å²) in [5.74, 6) is -0.108. The largest absolute Gasteiger partial charge is 0.352 e. The minimum Gasteiger partial charge on any atom is -0.352 e. The van der Waals surface area contributed by atoms with E-state index >= 15 is 0 Å². The molecule has 1 aliphatic heterocycles.